The van der Waals surface area contributed by atoms with E-state index in [4.69, 9.17) is 0 Å². The molecule has 1 saturated carbocycles. The minimum atomic E-state index is 0.0623. The molecule has 1 atom stereocenters. The Hall–Kier alpha value is -0.830. The predicted octanol–water partition coefficient (Wildman–Crippen LogP) is 2.52. The van der Waals surface area contributed by atoms with Gasteiger partial charge in [0, 0.05) is 18.0 Å². The van der Waals surface area contributed by atoms with Crippen molar-refractivity contribution in [2.45, 2.75) is 69.4 Å². The molecule has 0 radical (unpaired) electrons. The van der Waals surface area contributed by atoms with Crippen molar-refractivity contribution in [3.63, 3.8) is 0 Å². The summed E-state index contributed by atoms with van der Waals surface area (Å²) in [5.41, 5.74) is 0.0623. The predicted molar refractivity (Wildman–Crippen MR) is 74.4 cm³/mol. The molecular formula is C15H26N2O. The third-order valence-corrected chi connectivity index (χ3v) is 4.47. The molecule has 0 aliphatic heterocycles. The van der Waals surface area contributed by atoms with Crippen molar-refractivity contribution in [2.24, 2.45) is 0 Å². The second-order valence-corrected chi connectivity index (χ2v) is 5.82. The molecule has 18 heavy (non-hydrogen) atoms. The van der Waals surface area contributed by atoms with E-state index in [2.05, 4.69) is 22.8 Å². The van der Waals surface area contributed by atoms with Crippen LogP contribution < -0.4 is 10.6 Å². The van der Waals surface area contributed by atoms with E-state index in [1.54, 1.807) is 0 Å². The quantitative estimate of drug-likeness (QED) is 0.753. The van der Waals surface area contributed by atoms with E-state index in [9.17, 15) is 4.79 Å². The van der Waals surface area contributed by atoms with Gasteiger partial charge in [-0.25, -0.2) is 0 Å². The highest BCUT2D eigenvalue weighted by atomic mass is 16.1. The molecule has 0 aromatic rings. The summed E-state index contributed by atoms with van der Waals surface area (Å²) in [5.74, 6) is 0.228. The van der Waals surface area contributed by atoms with E-state index in [1.165, 1.54) is 19.3 Å². The van der Waals surface area contributed by atoms with Crippen LogP contribution in [0.1, 0.15) is 57.8 Å². The van der Waals surface area contributed by atoms with E-state index >= 15 is 0 Å². The smallest absolute Gasteiger partial charge is 0.222 e. The minimum Gasteiger partial charge on any atom is -0.353 e. The number of nitrogens with one attached hydrogen (secondary N) is 2. The molecule has 1 fully saturated rings. The van der Waals surface area contributed by atoms with Crippen LogP contribution in [-0.2, 0) is 4.79 Å². The molecule has 2 aliphatic rings. The lowest BCUT2D eigenvalue weighted by Gasteiger charge is -2.37. The highest BCUT2D eigenvalue weighted by molar-refractivity contribution is 5.77. The fourth-order valence-corrected chi connectivity index (χ4v) is 3.25. The molecule has 0 bridgehead atoms. The minimum absolute atomic E-state index is 0.0623. The van der Waals surface area contributed by atoms with Gasteiger partial charge in [-0.2, -0.15) is 0 Å². The fourth-order valence-electron chi connectivity index (χ4n) is 3.25. The highest BCUT2D eigenvalue weighted by Crippen LogP contribution is 2.30. The van der Waals surface area contributed by atoms with E-state index in [-0.39, 0.29) is 11.4 Å². The van der Waals surface area contributed by atoms with Gasteiger partial charge < -0.3 is 10.6 Å². The molecule has 2 N–H and O–H groups in total. The van der Waals surface area contributed by atoms with Crippen molar-refractivity contribution in [2.75, 3.05) is 7.05 Å². The van der Waals surface area contributed by atoms with Crippen LogP contribution in [-0.4, -0.2) is 24.5 Å². The Morgan fingerprint density at radius 1 is 1.28 bits per heavy atom. The molecule has 0 spiro atoms. The molecule has 3 nitrogen and oxygen atoms in total. The van der Waals surface area contributed by atoms with Crippen molar-refractivity contribution in [3.8, 4) is 0 Å². The Morgan fingerprint density at radius 2 is 2.06 bits per heavy atom. The van der Waals surface area contributed by atoms with Crippen LogP contribution in [0.5, 0.6) is 0 Å². The molecular weight excluding hydrogens is 224 g/mol. The number of rotatable bonds is 4. The third kappa shape index (κ3) is 3.58. The van der Waals surface area contributed by atoms with Gasteiger partial charge in [-0.15, -0.1) is 0 Å². The molecule has 0 aromatic heterocycles. The Labute approximate surface area is 110 Å². The van der Waals surface area contributed by atoms with Gasteiger partial charge in [0.25, 0.3) is 0 Å². The zero-order chi connectivity index (χ0) is 12.8. The number of hydrogen-bond donors (Lipinski definition) is 2. The van der Waals surface area contributed by atoms with Crippen molar-refractivity contribution in [3.05, 3.63) is 12.2 Å². The molecule has 2 aliphatic carbocycles. The molecule has 1 unspecified atom stereocenters. The number of allylic oxidation sites excluding steroid dienone is 1. The van der Waals surface area contributed by atoms with Gasteiger partial charge in [-0.05, 0) is 39.2 Å². The summed E-state index contributed by atoms with van der Waals surface area (Å²) in [7, 11) is 2.00. The average Bonchev–Trinajstić information content (AvgIpc) is 2.41. The van der Waals surface area contributed by atoms with Gasteiger partial charge in [0.05, 0.1) is 0 Å². The zero-order valence-electron chi connectivity index (χ0n) is 11.5. The monoisotopic (exact) mass is 250 g/mol. The van der Waals surface area contributed by atoms with Crippen LogP contribution >= 0.6 is 0 Å². The SMILES string of the molecule is CNC1(CC(=O)NC2CC=CCC2)CCCCC1. The van der Waals surface area contributed by atoms with Gasteiger partial charge >= 0.3 is 0 Å². The van der Waals surface area contributed by atoms with Gasteiger partial charge in [0.2, 0.25) is 5.91 Å². The second-order valence-electron chi connectivity index (χ2n) is 5.82. The Bertz CT molecular complexity index is 306. The third-order valence-electron chi connectivity index (χ3n) is 4.47. The summed E-state index contributed by atoms with van der Waals surface area (Å²) in [6.07, 6.45) is 14.3. The normalized spacial score (nSPS) is 26.8. The molecule has 0 saturated heterocycles. The lowest BCUT2D eigenvalue weighted by atomic mass is 9.79. The first-order chi connectivity index (χ1) is 8.74. The summed E-state index contributed by atoms with van der Waals surface area (Å²) >= 11 is 0. The van der Waals surface area contributed by atoms with Crippen LogP contribution in [0.3, 0.4) is 0 Å². The summed E-state index contributed by atoms with van der Waals surface area (Å²) < 4.78 is 0. The van der Waals surface area contributed by atoms with Crippen LogP contribution in [0, 0.1) is 0 Å². The highest BCUT2D eigenvalue weighted by Gasteiger charge is 2.32. The average molecular weight is 250 g/mol. The van der Waals surface area contributed by atoms with Crippen LogP contribution in [0.15, 0.2) is 12.2 Å². The molecule has 102 valence electrons. The second kappa shape index (κ2) is 6.37. The summed E-state index contributed by atoms with van der Waals surface area (Å²) in [4.78, 5) is 12.2. The lowest BCUT2D eigenvalue weighted by molar-refractivity contribution is -0.123. The number of carbonyl (C=O) groups excluding carboxylic acids is 1. The molecule has 1 amide bonds. The van der Waals surface area contributed by atoms with E-state index in [0.717, 1.165) is 32.1 Å². The summed E-state index contributed by atoms with van der Waals surface area (Å²) in [6.45, 7) is 0. The summed E-state index contributed by atoms with van der Waals surface area (Å²) in [5, 5.41) is 6.61. The Kier molecular flexibility index (Phi) is 4.81. The van der Waals surface area contributed by atoms with Crippen molar-refractivity contribution < 1.29 is 4.79 Å². The maximum atomic E-state index is 12.2. The van der Waals surface area contributed by atoms with Gasteiger partial charge in [0.1, 0.15) is 0 Å². The van der Waals surface area contributed by atoms with E-state index in [1.807, 2.05) is 7.05 Å². The van der Waals surface area contributed by atoms with Crippen molar-refractivity contribution >= 4 is 5.91 Å². The first-order valence-electron chi connectivity index (χ1n) is 7.37. The maximum Gasteiger partial charge on any atom is 0.222 e. The van der Waals surface area contributed by atoms with Gasteiger partial charge in [0.15, 0.2) is 0 Å². The van der Waals surface area contributed by atoms with E-state index < -0.39 is 0 Å². The zero-order valence-corrected chi connectivity index (χ0v) is 11.5. The maximum absolute atomic E-state index is 12.2. The van der Waals surface area contributed by atoms with Crippen LogP contribution in [0.4, 0.5) is 0 Å². The summed E-state index contributed by atoms with van der Waals surface area (Å²) in [6, 6.07) is 0.361. The number of hydrogen-bond acceptors (Lipinski definition) is 2. The topological polar surface area (TPSA) is 41.1 Å². The Balaban J connectivity index is 1.83. The Morgan fingerprint density at radius 3 is 2.67 bits per heavy atom. The van der Waals surface area contributed by atoms with Gasteiger partial charge in [-0.1, -0.05) is 31.4 Å². The van der Waals surface area contributed by atoms with E-state index in [0.29, 0.717) is 12.5 Å². The fraction of sp³-hybridized carbons (Fsp3) is 0.800. The van der Waals surface area contributed by atoms with Crippen molar-refractivity contribution in [1.82, 2.24) is 10.6 Å². The standard InChI is InChI=1S/C15H26N2O/c1-16-15(10-6-3-7-11-15)12-14(18)17-13-8-4-2-5-9-13/h2,4,13,16H,3,5-12H2,1H3,(H,17,18). The first kappa shape index (κ1) is 13.6. The molecule has 0 heterocycles. The first-order valence-corrected chi connectivity index (χ1v) is 7.37. The molecule has 3 heteroatoms. The van der Waals surface area contributed by atoms with Gasteiger partial charge in [-0.3, -0.25) is 4.79 Å². The molecule has 0 aromatic carbocycles. The number of amides is 1. The largest absolute Gasteiger partial charge is 0.353 e. The van der Waals surface area contributed by atoms with Crippen molar-refractivity contribution in [1.29, 1.82) is 0 Å². The molecule has 2 rings (SSSR count). The number of carbonyl (C=O) groups is 1. The van der Waals surface area contributed by atoms with Crippen LogP contribution in [0.2, 0.25) is 0 Å². The lowest BCUT2D eigenvalue weighted by Crippen LogP contribution is -2.49. The van der Waals surface area contributed by atoms with Crippen LogP contribution in [0.25, 0.3) is 0 Å².